The molecule has 7 nitrogen and oxygen atoms in total. The normalized spacial score (nSPS) is 27.0. The molecule has 1 saturated carbocycles. The molecule has 2 aromatic rings. The molecule has 0 radical (unpaired) electrons. The SMILES string of the molecule is CC1(NC(=O)OC(C)(C)C)CCC(n2nc(B3OC(C)(C)C(C)(C)O3)c3ccccc32)CC1. The second kappa shape index (κ2) is 8.02. The van der Waals surface area contributed by atoms with Gasteiger partial charge in [0.2, 0.25) is 0 Å². The standard InChI is InChI=1S/C25H38BN3O4/c1-22(2,3)31-21(30)27-25(8)15-13-17(14-16-25)29-19-12-10-9-11-18(19)20(28-29)26-32-23(4,5)24(6,7)33-26/h9-12,17H,13-16H2,1-8H3,(H,27,30). The highest BCUT2D eigenvalue weighted by molar-refractivity contribution is 6.64. The number of hydrogen-bond donors (Lipinski definition) is 1. The molecule has 4 rings (SSSR count). The van der Waals surface area contributed by atoms with Crippen molar-refractivity contribution in [1.29, 1.82) is 0 Å². The molecular weight excluding hydrogens is 417 g/mol. The Bertz CT molecular complexity index is 1020. The molecule has 33 heavy (non-hydrogen) atoms. The summed E-state index contributed by atoms with van der Waals surface area (Å²) in [6.45, 7) is 16.0. The third-order valence-electron chi connectivity index (χ3n) is 7.33. The van der Waals surface area contributed by atoms with Crippen LogP contribution in [-0.4, -0.2) is 45.3 Å². The molecule has 1 N–H and O–H groups in total. The van der Waals surface area contributed by atoms with E-state index in [1.807, 2.05) is 32.9 Å². The summed E-state index contributed by atoms with van der Waals surface area (Å²) >= 11 is 0. The minimum atomic E-state index is -0.504. The largest absolute Gasteiger partial charge is 0.517 e. The van der Waals surface area contributed by atoms with Crippen molar-refractivity contribution in [1.82, 2.24) is 15.1 Å². The van der Waals surface area contributed by atoms with Gasteiger partial charge in [-0.3, -0.25) is 4.68 Å². The zero-order valence-corrected chi connectivity index (χ0v) is 21.3. The topological polar surface area (TPSA) is 74.6 Å². The van der Waals surface area contributed by atoms with Crippen molar-refractivity contribution in [3.05, 3.63) is 24.3 Å². The molecule has 0 unspecified atom stereocenters. The smallest absolute Gasteiger partial charge is 0.444 e. The number of hydrogen-bond acceptors (Lipinski definition) is 5. The van der Waals surface area contributed by atoms with Crippen molar-refractivity contribution >= 4 is 29.7 Å². The average molecular weight is 455 g/mol. The number of alkyl carbamates (subject to hydrolysis) is 1. The van der Waals surface area contributed by atoms with Gasteiger partial charge in [-0.25, -0.2) is 4.79 Å². The van der Waals surface area contributed by atoms with E-state index in [9.17, 15) is 4.79 Å². The third kappa shape index (κ3) is 4.78. The van der Waals surface area contributed by atoms with Crippen LogP contribution in [0.15, 0.2) is 24.3 Å². The van der Waals surface area contributed by atoms with Gasteiger partial charge in [0, 0.05) is 10.9 Å². The Morgan fingerprint density at radius 1 is 1.09 bits per heavy atom. The fraction of sp³-hybridized carbons (Fsp3) is 0.680. The summed E-state index contributed by atoms with van der Waals surface area (Å²) in [5.41, 5.74) is 0.317. The second-order valence-electron chi connectivity index (χ2n) is 11.9. The van der Waals surface area contributed by atoms with Crippen LogP contribution in [0.4, 0.5) is 4.79 Å². The number of para-hydroxylation sites is 1. The molecule has 1 saturated heterocycles. The first-order valence-electron chi connectivity index (χ1n) is 12.0. The number of benzene rings is 1. The molecule has 2 fully saturated rings. The molecule has 8 heteroatoms. The molecule has 2 aliphatic rings. The number of rotatable bonds is 3. The summed E-state index contributed by atoms with van der Waals surface area (Å²) in [5.74, 6) is 0. The number of ether oxygens (including phenoxy) is 1. The maximum absolute atomic E-state index is 12.3. The highest BCUT2D eigenvalue weighted by Gasteiger charge is 2.53. The van der Waals surface area contributed by atoms with Gasteiger partial charge in [-0.15, -0.1) is 0 Å². The molecule has 1 aromatic heterocycles. The molecule has 0 spiro atoms. The fourth-order valence-corrected chi connectivity index (χ4v) is 4.68. The lowest BCUT2D eigenvalue weighted by molar-refractivity contribution is 0.00578. The number of carbonyl (C=O) groups excluding carboxylic acids is 1. The van der Waals surface area contributed by atoms with E-state index in [1.165, 1.54) is 0 Å². The zero-order valence-electron chi connectivity index (χ0n) is 21.3. The van der Waals surface area contributed by atoms with Crippen molar-refractivity contribution in [2.75, 3.05) is 0 Å². The first-order valence-corrected chi connectivity index (χ1v) is 12.0. The van der Waals surface area contributed by atoms with Crippen molar-refractivity contribution < 1.29 is 18.8 Å². The van der Waals surface area contributed by atoms with Gasteiger partial charge in [-0.2, -0.15) is 5.10 Å². The lowest BCUT2D eigenvalue weighted by Crippen LogP contribution is -2.50. The molecular formula is C25H38BN3O4. The minimum absolute atomic E-state index is 0.250. The van der Waals surface area contributed by atoms with E-state index in [0.29, 0.717) is 0 Å². The van der Waals surface area contributed by atoms with E-state index in [0.717, 1.165) is 42.2 Å². The molecule has 1 amide bonds. The molecule has 180 valence electrons. The molecule has 0 atom stereocenters. The van der Waals surface area contributed by atoms with Gasteiger partial charge in [0.1, 0.15) is 11.2 Å². The first-order chi connectivity index (χ1) is 15.2. The van der Waals surface area contributed by atoms with Gasteiger partial charge >= 0.3 is 13.2 Å². The van der Waals surface area contributed by atoms with Crippen molar-refractivity contribution in [3.63, 3.8) is 0 Å². The Kier molecular flexibility index (Phi) is 5.85. The number of fused-ring (bicyclic) bond motifs is 1. The summed E-state index contributed by atoms with van der Waals surface area (Å²) in [7, 11) is -0.496. The Morgan fingerprint density at radius 2 is 1.67 bits per heavy atom. The summed E-state index contributed by atoms with van der Waals surface area (Å²) < 4.78 is 20.2. The van der Waals surface area contributed by atoms with Crippen LogP contribution in [0.3, 0.4) is 0 Å². The fourth-order valence-electron chi connectivity index (χ4n) is 4.68. The van der Waals surface area contributed by atoms with E-state index < -0.39 is 23.9 Å². The number of carbonyl (C=O) groups is 1. The van der Waals surface area contributed by atoms with Crippen molar-refractivity contribution in [3.8, 4) is 0 Å². The van der Waals surface area contributed by atoms with E-state index >= 15 is 0 Å². The van der Waals surface area contributed by atoms with Crippen LogP contribution < -0.4 is 10.9 Å². The molecule has 1 aliphatic heterocycles. The van der Waals surface area contributed by atoms with Crippen LogP contribution in [0.2, 0.25) is 0 Å². The summed E-state index contributed by atoms with van der Waals surface area (Å²) in [6.07, 6.45) is 3.20. The molecule has 0 bridgehead atoms. The number of nitrogens with one attached hydrogen (secondary N) is 1. The Balaban J connectivity index is 1.53. The van der Waals surface area contributed by atoms with Crippen LogP contribution >= 0.6 is 0 Å². The predicted molar refractivity (Wildman–Crippen MR) is 131 cm³/mol. The van der Waals surface area contributed by atoms with E-state index in [1.54, 1.807) is 0 Å². The van der Waals surface area contributed by atoms with Gasteiger partial charge in [-0.1, -0.05) is 18.2 Å². The van der Waals surface area contributed by atoms with Gasteiger partial charge in [0.15, 0.2) is 0 Å². The van der Waals surface area contributed by atoms with Crippen LogP contribution in [0, 0.1) is 0 Å². The average Bonchev–Trinajstić information content (AvgIpc) is 3.15. The van der Waals surface area contributed by atoms with Crippen LogP contribution in [-0.2, 0) is 14.0 Å². The quantitative estimate of drug-likeness (QED) is 0.678. The van der Waals surface area contributed by atoms with E-state index in [2.05, 4.69) is 56.8 Å². The summed E-state index contributed by atoms with van der Waals surface area (Å²) in [4.78, 5) is 12.3. The van der Waals surface area contributed by atoms with E-state index in [4.69, 9.17) is 19.1 Å². The lowest BCUT2D eigenvalue weighted by Gasteiger charge is -2.38. The maximum atomic E-state index is 12.3. The van der Waals surface area contributed by atoms with E-state index in [-0.39, 0.29) is 17.7 Å². The second-order valence-corrected chi connectivity index (χ2v) is 11.9. The Morgan fingerprint density at radius 3 is 2.24 bits per heavy atom. The van der Waals surface area contributed by atoms with Crippen LogP contribution in [0.25, 0.3) is 10.9 Å². The summed E-state index contributed by atoms with van der Waals surface area (Å²) in [6, 6.07) is 8.54. The molecule has 1 aliphatic carbocycles. The van der Waals surface area contributed by atoms with Gasteiger partial charge < -0.3 is 19.4 Å². The number of nitrogens with zero attached hydrogens (tertiary/aromatic N) is 2. The highest BCUT2D eigenvalue weighted by atomic mass is 16.7. The number of aromatic nitrogens is 2. The van der Waals surface area contributed by atoms with Gasteiger partial charge in [0.05, 0.1) is 22.8 Å². The van der Waals surface area contributed by atoms with Crippen molar-refractivity contribution in [2.24, 2.45) is 0 Å². The molecule has 2 heterocycles. The van der Waals surface area contributed by atoms with Gasteiger partial charge in [0.25, 0.3) is 0 Å². The first kappa shape index (κ1) is 24.1. The van der Waals surface area contributed by atoms with Crippen molar-refractivity contribution in [2.45, 2.75) is 109 Å². The van der Waals surface area contributed by atoms with Gasteiger partial charge in [-0.05, 0) is 87.1 Å². The maximum Gasteiger partial charge on any atom is 0.517 e. The number of amides is 1. The third-order valence-corrected chi connectivity index (χ3v) is 7.33. The Labute approximate surface area is 197 Å². The Hall–Kier alpha value is -2.06. The summed E-state index contributed by atoms with van der Waals surface area (Å²) in [5, 5.41) is 9.20. The lowest BCUT2D eigenvalue weighted by atomic mass is 9.81. The monoisotopic (exact) mass is 455 g/mol. The van der Waals surface area contributed by atoms with Crippen LogP contribution in [0.1, 0.15) is 87.1 Å². The minimum Gasteiger partial charge on any atom is -0.444 e. The highest BCUT2D eigenvalue weighted by Crippen LogP contribution is 2.39. The zero-order chi connectivity index (χ0) is 24.2. The molecule has 1 aromatic carbocycles. The predicted octanol–water partition coefficient (Wildman–Crippen LogP) is 4.73. The van der Waals surface area contributed by atoms with Crippen LogP contribution in [0.5, 0.6) is 0 Å².